The highest BCUT2D eigenvalue weighted by molar-refractivity contribution is 5.97. The third kappa shape index (κ3) is 7.14. The molecule has 0 saturated carbocycles. The van der Waals surface area contributed by atoms with Gasteiger partial charge in [-0.1, -0.05) is 68.2 Å². The molecule has 0 bridgehead atoms. The van der Waals surface area contributed by atoms with E-state index in [-0.39, 0.29) is 35.5 Å². The van der Waals surface area contributed by atoms with Gasteiger partial charge in [-0.05, 0) is 42.2 Å². The first-order valence-corrected chi connectivity index (χ1v) is 13.5. The second kappa shape index (κ2) is 12.1. The number of carbonyl (C=O) groups is 2. The normalized spacial score (nSPS) is 12.9. The van der Waals surface area contributed by atoms with Crippen LogP contribution in [0.15, 0.2) is 23.3 Å². The van der Waals surface area contributed by atoms with Crippen LogP contribution in [0.3, 0.4) is 0 Å². The average molecular weight is 514 g/mol. The van der Waals surface area contributed by atoms with Crippen LogP contribution < -0.4 is 5.62 Å². The predicted octanol–water partition coefficient (Wildman–Crippen LogP) is 6.01. The Labute approximate surface area is 222 Å². The molecule has 0 aliphatic rings. The largest absolute Gasteiger partial charge is 0.507 e. The minimum Gasteiger partial charge on any atom is -0.507 e. The molecule has 0 radical (unpaired) electrons. The number of nitrogens with zero attached hydrogens (tertiary/aromatic N) is 3. The average Bonchev–Trinajstić information content (AvgIpc) is 3.15. The van der Waals surface area contributed by atoms with E-state index in [1.165, 1.54) is 0 Å². The van der Waals surface area contributed by atoms with E-state index in [4.69, 9.17) is 4.74 Å². The van der Waals surface area contributed by atoms with Crippen molar-refractivity contribution in [2.24, 2.45) is 10.9 Å². The van der Waals surface area contributed by atoms with Crippen molar-refractivity contribution in [2.45, 2.75) is 105 Å². The Balaban J connectivity index is 2.59. The number of hydrogen-bond donors (Lipinski definition) is 1. The van der Waals surface area contributed by atoms with Gasteiger partial charge in [-0.15, -0.1) is 0 Å². The van der Waals surface area contributed by atoms with Crippen molar-refractivity contribution in [2.75, 3.05) is 13.7 Å². The molecular formula is C30H47N3O4. The lowest BCUT2D eigenvalue weighted by molar-refractivity contribution is 0.0512. The Morgan fingerprint density at radius 1 is 1.00 bits per heavy atom. The highest BCUT2D eigenvalue weighted by Crippen LogP contribution is 2.39. The number of benzene rings is 1. The van der Waals surface area contributed by atoms with Crippen molar-refractivity contribution < 1.29 is 19.4 Å². The highest BCUT2D eigenvalue weighted by Gasteiger charge is 2.28. The molecule has 0 atom stereocenters. The first-order chi connectivity index (χ1) is 17.2. The molecule has 0 amide bonds. The Hall–Kier alpha value is -2.83. The van der Waals surface area contributed by atoms with Crippen molar-refractivity contribution in [3.8, 4) is 5.75 Å². The molecule has 0 saturated heterocycles. The van der Waals surface area contributed by atoms with E-state index in [1.807, 2.05) is 46.1 Å². The standard InChI is InChI=1S/C30H47N3O4/c1-11-20(12-2)14-15-33-24(27(36)37-13-3)18-32(28(33)31-10)19-25(34)21-16-22(29(4,5)6)26(35)23(17-21)30(7,8)9/h16-18,20,35H,11-15,19H2,1-10H3. The summed E-state index contributed by atoms with van der Waals surface area (Å²) in [6.45, 7) is 19.2. The third-order valence-electron chi connectivity index (χ3n) is 7.03. The van der Waals surface area contributed by atoms with E-state index in [9.17, 15) is 14.7 Å². The van der Waals surface area contributed by atoms with Gasteiger partial charge in [0, 0.05) is 36.5 Å². The molecule has 206 valence electrons. The lowest BCUT2D eigenvalue weighted by atomic mass is 9.78. The molecule has 0 aliphatic carbocycles. The highest BCUT2D eigenvalue weighted by atomic mass is 16.5. The number of ketones is 1. The van der Waals surface area contributed by atoms with E-state index < -0.39 is 5.97 Å². The maximum absolute atomic E-state index is 13.7. The first-order valence-electron chi connectivity index (χ1n) is 13.5. The molecule has 0 fully saturated rings. The molecule has 2 aromatic rings. The number of phenols is 1. The molecular weight excluding hydrogens is 466 g/mol. The number of hydrogen-bond acceptors (Lipinski definition) is 5. The van der Waals surface area contributed by atoms with Crippen LogP contribution in [0.2, 0.25) is 0 Å². The van der Waals surface area contributed by atoms with Crippen LogP contribution in [0.1, 0.15) is 114 Å². The minimum absolute atomic E-state index is 0.0228. The van der Waals surface area contributed by atoms with Gasteiger partial charge in [0.2, 0.25) is 5.62 Å². The lowest BCUT2D eigenvalue weighted by Gasteiger charge is -2.28. The van der Waals surface area contributed by atoms with Gasteiger partial charge in [-0.25, -0.2) is 4.79 Å². The fourth-order valence-electron chi connectivity index (χ4n) is 4.69. The first kappa shape index (κ1) is 30.4. The van der Waals surface area contributed by atoms with Crippen LogP contribution in [0.4, 0.5) is 0 Å². The zero-order chi connectivity index (χ0) is 28.1. The summed E-state index contributed by atoms with van der Waals surface area (Å²) in [4.78, 5) is 30.9. The molecule has 1 heterocycles. The number of esters is 1. The maximum atomic E-state index is 13.7. The monoisotopic (exact) mass is 513 g/mol. The number of Topliss-reactive ketones (excluding diaryl/α,β-unsaturated/α-hetero) is 1. The van der Waals surface area contributed by atoms with Gasteiger partial charge in [0.15, 0.2) is 5.78 Å². The van der Waals surface area contributed by atoms with Gasteiger partial charge in [0.25, 0.3) is 0 Å². The van der Waals surface area contributed by atoms with E-state index >= 15 is 0 Å². The number of aromatic hydroxyl groups is 1. The molecule has 1 aromatic heterocycles. The van der Waals surface area contributed by atoms with Gasteiger partial charge >= 0.3 is 5.97 Å². The van der Waals surface area contributed by atoms with Crippen molar-refractivity contribution in [1.29, 1.82) is 0 Å². The molecule has 7 nitrogen and oxygen atoms in total. The molecule has 1 N–H and O–H groups in total. The third-order valence-corrected chi connectivity index (χ3v) is 7.03. The smallest absolute Gasteiger partial charge is 0.356 e. The Bertz CT molecular complexity index is 1130. The number of phenolic OH excluding ortho intramolecular Hbond substituents is 1. The summed E-state index contributed by atoms with van der Waals surface area (Å²) in [7, 11) is 1.68. The summed E-state index contributed by atoms with van der Waals surface area (Å²) in [5.74, 6) is 0.253. The van der Waals surface area contributed by atoms with Crippen LogP contribution in [0.5, 0.6) is 5.75 Å². The zero-order valence-corrected chi connectivity index (χ0v) is 24.6. The Morgan fingerprint density at radius 2 is 1.54 bits per heavy atom. The van der Waals surface area contributed by atoms with Gasteiger partial charge in [0.05, 0.1) is 13.2 Å². The van der Waals surface area contributed by atoms with Crippen LogP contribution >= 0.6 is 0 Å². The van der Waals surface area contributed by atoms with E-state index in [0.29, 0.717) is 29.3 Å². The van der Waals surface area contributed by atoms with Gasteiger partial charge < -0.3 is 19.0 Å². The van der Waals surface area contributed by atoms with Crippen molar-refractivity contribution in [1.82, 2.24) is 9.13 Å². The molecule has 37 heavy (non-hydrogen) atoms. The molecule has 7 heteroatoms. The molecule has 0 unspecified atom stereocenters. The van der Waals surface area contributed by atoms with E-state index in [1.54, 1.807) is 36.9 Å². The number of imidazole rings is 1. The minimum atomic E-state index is -0.419. The number of aromatic nitrogens is 2. The SMILES string of the molecule is CCOC(=O)c1cn(CC(=O)c2cc(C(C)(C)C)c(O)c(C(C)(C)C)c2)c(=NC)n1CCC(CC)CC. The topological polar surface area (TPSA) is 85.8 Å². The van der Waals surface area contributed by atoms with Crippen molar-refractivity contribution in [3.63, 3.8) is 0 Å². The lowest BCUT2D eigenvalue weighted by Crippen LogP contribution is -2.30. The number of ether oxygens (including phenoxy) is 1. The quantitative estimate of drug-likeness (QED) is 0.312. The van der Waals surface area contributed by atoms with E-state index in [0.717, 1.165) is 30.4 Å². The number of carbonyl (C=O) groups excluding carboxylic acids is 2. The summed E-state index contributed by atoms with van der Waals surface area (Å²) in [6, 6.07) is 3.60. The van der Waals surface area contributed by atoms with Crippen molar-refractivity contribution in [3.05, 3.63) is 46.3 Å². The fraction of sp³-hybridized carbons (Fsp3) is 0.633. The Morgan fingerprint density at radius 3 is 1.97 bits per heavy atom. The Kier molecular flexibility index (Phi) is 9.97. The molecule has 0 spiro atoms. The summed E-state index contributed by atoms with van der Waals surface area (Å²) in [5, 5.41) is 11.0. The van der Waals surface area contributed by atoms with Crippen LogP contribution in [-0.4, -0.2) is 39.6 Å². The van der Waals surface area contributed by atoms with Gasteiger partial charge in [-0.2, -0.15) is 0 Å². The van der Waals surface area contributed by atoms with Crippen LogP contribution in [0.25, 0.3) is 0 Å². The summed E-state index contributed by atoms with van der Waals surface area (Å²) < 4.78 is 8.94. The van der Waals surface area contributed by atoms with E-state index in [2.05, 4.69) is 18.8 Å². The second-order valence-corrected chi connectivity index (χ2v) is 11.9. The predicted molar refractivity (Wildman–Crippen MR) is 148 cm³/mol. The second-order valence-electron chi connectivity index (χ2n) is 11.9. The van der Waals surface area contributed by atoms with Crippen LogP contribution in [0, 0.1) is 5.92 Å². The molecule has 1 aromatic carbocycles. The number of rotatable bonds is 10. The molecule has 2 rings (SSSR count). The summed E-state index contributed by atoms with van der Waals surface area (Å²) in [6.07, 6.45) is 4.72. The summed E-state index contributed by atoms with van der Waals surface area (Å²) >= 11 is 0. The van der Waals surface area contributed by atoms with Crippen LogP contribution in [-0.2, 0) is 28.7 Å². The maximum Gasteiger partial charge on any atom is 0.356 e. The van der Waals surface area contributed by atoms with Gasteiger partial charge in [-0.3, -0.25) is 9.79 Å². The fourth-order valence-corrected chi connectivity index (χ4v) is 4.69. The summed E-state index contributed by atoms with van der Waals surface area (Å²) in [5.41, 5.74) is 2.29. The van der Waals surface area contributed by atoms with Gasteiger partial charge in [0.1, 0.15) is 11.4 Å². The van der Waals surface area contributed by atoms with Crippen molar-refractivity contribution >= 4 is 11.8 Å². The molecule has 0 aliphatic heterocycles. The zero-order valence-electron chi connectivity index (χ0n) is 24.6.